The smallest absolute Gasteiger partial charge is 0.126 e. The summed E-state index contributed by atoms with van der Waals surface area (Å²) in [6, 6.07) is 18.5. The molecule has 0 radical (unpaired) electrons. The van der Waals surface area contributed by atoms with Crippen LogP contribution in [0.25, 0.3) is 20.9 Å². The van der Waals surface area contributed by atoms with Crippen LogP contribution in [0.1, 0.15) is 150 Å². The first-order valence-electron chi connectivity index (χ1n) is 25.4. The average Bonchev–Trinajstić information content (AvgIpc) is 3.29. The highest BCUT2D eigenvalue weighted by molar-refractivity contribution is 5.60. The van der Waals surface area contributed by atoms with Gasteiger partial charge in [0.05, 0.1) is 39.6 Å². The van der Waals surface area contributed by atoms with E-state index in [1.54, 1.807) is 14.2 Å². The minimum Gasteiger partial charge on any atom is -0.491 e. The largest absolute Gasteiger partial charge is 0.491 e. The van der Waals surface area contributed by atoms with Crippen LogP contribution in [0, 0.1) is 0 Å². The second-order valence-corrected chi connectivity index (χ2v) is 22.7. The van der Waals surface area contributed by atoms with E-state index in [1.807, 2.05) is 0 Å². The van der Waals surface area contributed by atoms with Gasteiger partial charge in [0, 0.05) is 62.8 Å². The molecule has 5 rings (SSSR count). The zero-order chi connectivity index (χ0) is 52.7. The van der Waals surface area contributed by atoms with Gasteiger partial charge >= 0.3 is 0 Å². The number of fused-ring (bicyclic) bond motifs is 8. The second kappa shape index (κ2) is 26.0. The summed E-state index contributed by atoms with van der Waals surface area (Å²) in [6.07, 6.45) is 2.05. The number of benzene rings is 4. The van der Waals surface area contributed by atoms with Crippen molar-refractivity contribution in [3.8, 4) is 23.0 Å². The Hall–Kier alpha value is -5.46. The van der Waals surface area contributed by atoms with E-state index in [1.165, 1.54) is 22.3 Å². The van der Waals surface area contributed by atoms with Gasteiger partial charge in [-0.2, -0.15) is 0 Å². The molecule has 14 nitrogen and oxygen atoms in total. The van der Waals surface area contributed by atoms with Gasteiger partial charge in [0.1, 0.15) is 49.4 Å². The van der Waals surface area contributed by atoms with E-state index >= 15 is 0 Å². The van der Waals surface area contributed by atoms with Crippen molar-refractivity contribution in [1.29, 1.82) is 0 Å². The summed E-state index contributed by atoms with van der Waals surface area (Å²) in [5, 5.41) is 7.29. The zero-order valence-corrected chi connectivity index (χ0v) is 45.9. The summed E-state index contributed by atoms with van der Waals surface area (Å²) in [5.41, 5.74) is 29.9. The van der Waals surface area contributed by atoms with Gasteiger partial charge in [-0.05, 0) is 99.5 Å². The van der Waals surface area contributed by atoms with Crippen LogP contribution in [0.3, 0.4) is 0 Å². The zero-order valence-electron chi connectivity index (χ0n) is 45.9. The van der Waals surface area contributed by atoms with Crippen LogP contribution in [0.4, 0.5) is 0 Å². The maximum absolute atomic E-state index is 8.85. The van der Waals surface area contributed by atoms with Crippen molar-refractivity contribution in [2.24, 2.45) is 10.2 Å². The SMILES string of the molecule is COCCOc1c2cc(C(C)(C)C)cc1Cc1cc(C(C)(C)C)cc(c1OCCOCCN=[N+]=[N-])Cc1cc(C(C)(C)C)cc(c1OCCOC)Cc1cc(C(C)(C)C)cc(c1OCCOCCN=[N+]=[N-])C2. The van der Waals surface area contributed by atoms with Gasteiger partial charge in [0.15, 0.2) is 0 Å². The Labute approximate surface area is 429 Å². The van der Waals surface area contributed by atoms with Gasteiger partial charge in [-0.25, -0.2) is 0 Å². The fourth-order valence-corrected chi connectivity index (χ4v) is 8.73. The summed E-state index contributed by atoms with van der Waals surface area (Å²) in [6.45, 7) is 30.9. The lowest BCUT2D eigenvalue weighted by Crippen LogP contribution is -2.19. The summed E-state index contributed by atoms with van der Waals surface area (Å²) in [5.74, 6) is 3.21. The molecule has 72 heavy (non-hydrogen) atoms. The van der Waals surface area contributed by atoms with Crippen LogP contribution in [0.15, 0.2) is 58.8 Å². The van der Waals surface area contributed by atoms with Gasteiger partial charge in [-0.15, -0.1) is 0 Å². The molecule has 0 spiro atoms. The molecule has 0 atom stereocenters. The molecule has 1 aliphatic carbocycles. The molecule has 1 aliphatic rings. The molecule has 0 saturated carbocycles. The molecule has 0 aliphatic heterocycles. The molecule has 4 aromatic carbocycles. The fourth-order valence-electron chi connectivity index (χ4n) is 8.73. The lowest BCUT2D eigenvalue weighted by Gasteiger charge is -2.29. The van der Waals surface area contributed by atoms with Gasteiger partial charge in [0.2, 0.25) is 0 Å². The van der Waals surface area contributed by atoms with E-state index in [0.717, 1.165) is 67.5 Å². The van der Waals surface area contributed by atoms with Crippen molar-refractivity contribution in [2.45, 2.75) is 130 Å². The van der Waals surface area contributed by atoms with E-state index in [0.29, 0.717) is 78.5 Å². The molecule has 392 valence electrons. The number of ether oxygens (including phenoxy) is 8. The molecule has 0 unspecified atom stereocenters. The van der Waals surface area contributed by atoms with E-state index in [9.17, 15) is 0 Å². The maximum Gasteiger partial charge on any atom is 0.126 e. The topological polar surface area (TPSA) is 171 Å². The van der Waals surface area contributed by atoms with Crippen LogP contribution in [-0.2, 0) is 66.3 Å². The van der Waals surface area contributed by atoms with Crippen LogP contribution in [0.5, 0.6) is 23.0 Å². The number of hydrogen-bond donors (Lipinski definition) is 0. The Bertz CT molecular complexity index is 2260. The van der Waals surface area contributed by atoms with Gasteiger partial charge < -0.3 is 37.9 Å². The van der Waals surface area contributed by atoms with Crippen molar-refractivity contribution in [1.82, 2.24) is 0 Å². The first-order valence-corrected chi connectivity index (χ1v) is 25.4. The van der Waals surface area contributed by atoms with Crippen molar-refractivity contribution in [3.63, 3.8) is 0 Å². The van der Waals surface area contributed by atoms with Crippen LogP contribution in [-0.4, -0.2) is 93.4 Å². The predicted octanol–water partition coefficient (Wildman–Crippen LogP) is 13.0. The first kappa shape index (κ1) is 57.4. The van der Waals surface area contributed by atoms with E-state index < -0.39 is 0 Å². The molecule has 0 N–H and O–H groups in total. The molecular formula is C58H82N6O8. The van der Waals surface area contributed by atoms with E-state index in [-0.39, 0.29) is 48.0 Å². The highest BCUT2D eigenvalue weighted by Gasteiger charge is 2.29. The Balaban J connectivity index is 1.94. The molecule has 0 fully saturated rings. The summed E-state index contributed by atoms with van der Waals surface area (Å²) in [7, 11) is 3.39. The van der Waals surface area contributed by atoms with Crippen molar-refractivity contribution in [3.05, 3.63) is 136 Å². The predicted molar refractivity (Wildman–Crippen MR) is 287 cm³/mol. The summed E-state index contributed by atoms with van der Waals surface area (Å²) < 4.78 is 50.8. The lowest BCUT2D eigenvalue weighted by molar-refractivity contribution is 0.105. The molecule has 14 heteroatoms. The van der Waals surface area contributed by atoms with Crippen molar-refractivity contribution < 1.29 is 37.9 Å². The molecule has 4 aromatic rings. The summed E-state index contributed by atoms with van der Waals surface area (Å²) in [4.78, 5) is 5.75. The highest BCUT2D eigenvalue weighted by Crippen LogP contribution is 2.44. The highest BCUT2D eigenvalue weighted by atomic mass is 16.5. The van der Waals surface area contributed by atoms with Crippen molar-refractivity contribution >= 4 is 0 Å². The summed E-state index contributed by atoms with van der Waals surface area (Å²) >= 11 is 0. The van der Waals surface area contributed by atoms with Crippen LogP contribution in [0.2, 0.25) is 0 Å². The number of hydrogen-bond acceptors (Lipinski definition) is 10. The van der Waals surface area contributed by atoms with E-state index in [2.05, 4.69) is 152 Å². The first-order chi connectivity index (χ1) is 34.1. The third-order valence-electron chi connectivity index (χ3n) is 12.8. The number of azide groups is 2. The standard InChI is InChI=1S/C58H82N6O8/c1-55(2,3)47-31-39-27-43-35-49(57(7,8)9)37-45(53(43)71-25-21-67-17-15-61-63-59)29-41-33-48(56(4,5)6)34-42(52(41)70-24-20-66-14)30-46-38-50(58(10,11)12)36-44(28-40(32-47)51(39)69-23-19-65-13)54(46)72-26-22-68-18-16-62-64-60/h31-38H,15-30H2,1-14H3. The normalized spacial score (nSPS) is 13.0. The lowest BCUT2D eigenvalue weighted by atomic mass is 9.79. The van der Waals surface area contributed by atoms with Crippen LogP contribution >= 0.6 is 0 Å². The Kier molecular flexibility index (Phi) is 20.7. The van der Waals surface area contributed by atoms with Gasteiger partial charge in [0.25, 0.3) is 0 Å². The maximum atomic E-state index is 8.85. The average molecular weight is 991 g/mol. The van der Waals surface area contributed by atoms with Crippen molar-refractivity contribution in [2.75, 3.05) is 93.4 Å². The number of rotatable bonds is 22. The molecular weight excluding hydrogens is 909 g/mol. The van der Waals surface area contributed by atoms with Gasteiger partial charge in [-0.3, -0.25) is 0 Å². The molecule has 0 heterocycles. The number of nitrogens with zero attached hydrogens (tertiary/aromatic N) is 6. The molecule has 8 bridgehead atoms. The minimum absolute atomic E-state index is 0.209. The van der Waals surface area contributed by atoms with Gasteiger partial charge in [-0.1, -0.05) is 142 Å². The third-order valence-corrected chi connectivity index (χ3v) is 12.8. The number of methoxy groups -OCH3 is 2. The Morgan fingerprint density at radius 3 is 0.778 bits per heavy atom. The fraction of sp³-hybridized carbons (Fsp3) is 0.586. The molecule has 0 aromatic heterocycles. The third kappa shape index (κ3) is 16.3. The molecule has 0 amide bonds. The monoisotopic (exact) mass is 991 g/mol. The van der Waals surface area contributed by atoms with E-state index in [4.69, 9.17) is 49.0 Å². The quantitative estimate of drug-likeness (QED) is 0.0285. The Morgan fingerprint density at radius 1 is 0.361 bits per heavy atom. The Morgan fingerprint density at radius 2 is 0.583 bits per heavy atom. The minimum atomic E-state index is -0.211. The molecule has 0 saturated heterocycles. The van der Waals surface area contributed by atoms with Crippen LogP contribution < -0.4 is 18.9 Å². The second-order valence-electron chi connectivity index (χ2n) is 22.7.